The lowest BCUT2D eigenvalue weighted by molar-refractivity contribution is -0.149. The molecule has 104 valence electrons. The molecule has 0 amide bonds. The van der Waals surface area contributed by atoms with Gasteiger partial charge in [0.1, 0.15) is 0 Å². The summed E-state index contributed by atoms with van der Waals surface area (Å²) in [4.78, 5) is 11.5. The van der Waals surface area contributed by atoms with Crippen molar-refractivity contribution in [2.75, 3.05) is 26.2 Å². The summed E-state index contributed by atoms with van der Waals surface area (Å²) in [6, 6.07) is 0. The molecule has 1 fully saturated rings. The third-order valence-electron chi connectivity index (χ3n) is 2.82. The smallest absolute Gasteiger partial charge is 0.309 e. The number of piperidine rings is 1. The minimum absolute atomic E-state index is 0.184. The topological polar surface area (TPSA) is 75.7 Å². The number of hydrogen-bond acceptors (Lipinski definition) is 4. The van der Waals surface area contributed by atoms with Crippen molar-refractivity contribution in [3.8, 4) is 0 Å². The van der Waals surface area contributed by atoms with Gasteiger partial charge in [-0.2, -0.15) is 17.4 Å². The van der Waals surface area contributed by atoms with Crippen molar-refractivity contribution < 1.29 is 17.9 Å². The Morgan fingerprint density at radius 2 is 2.11 bits per heavy atom. The molecular weight excluding hydrogens is 256 g/mol. The highest BCUT2D eigenvalue weighted by Gasteiger charge is 2.31. The number of nitrogens with one attached hydrogen (secondary N) is 1. The van der Waals surface area contributed by atoms with Crippen LogP contribution in [0.4, 0.5) is 0 Å². The molecule has 0 atom stereocenters. The zero-order valence-corrected chi connectivity index (χ0v) is 11.4. The number of nitrogens with zero attached hydrogens (tertiary/aromatic N) is 1. The van der Waals surface area contributed by atoms with Crippen LogP contribution >= 0.6 is 0 Å². The van der Waals surface area contributed by atoms with Crippen molar-refractivity contribution in [1.29, 1.82) is 0 Å². The summed E-state index contributed by atoms with van der Waals surface area (Å²) in [5.74, 6) is -0.413. The Balaban J connectivity index is 2.48. The third-order valence-corrected chi connectivity index (χ3v) is 4.40. The second kappa shape index (κ2) is 6.86. The van der Waals surface area contributed by atoms with Crippen molar-refractivity contribution in [2.45, 2.75) is 19.8 Å². The molecule has 0 bridgehead atoms. The molecule has 0 aromatic heterocycles. The van der Waals surface area contributed by atoms with Crippen molar-refractivity contribution in [3.05, 3.63) is 12.7 Å². The summed E-state index contributed by atoms with van der Waals surface area (Å²) in [7, 11) is -3.45. The molecule has 1 rings (SSSR count). The molecular formula is C11H20N2O4S. The summed E-state index contributed by atoms with van der Waals surface area (Å²) in [5, 5.41) is 0. The minimum atomic E-state index is -3.45. The van der Waals surface area contributed by atoms with E-state index in [9.17, 15) is 13.2 Å². The van der Waals surface area contributed by atoms with Crippen LogP contribution in [0.25, 0.3) is 0 Å². The van der Waals surface area contributed by atoms with Crippen LogP contribution in [0.15, 0.2) is 12.7 Å². The van der Waals surface area contributed by atoms with Crippen molar-refractivity contribution in [1.82, 2.24) is 9.03 Å². The number of hydrogen-bond donors (Lipinski definition) is 1. The highest BCUT2D eigenvalue weighted by molar-refractivity contribution is 7.87. The van der Waals surface area contributed by atoms with Gasteiger partial charge in [0, 0.05) is 19.6 Å². The molecule has 0 aromatic carbocycles. The maximum Gasteiger partial charge on any atom is 0.309 e. The van der Waals surface area contributed by atoms with E-state index in [-0.39, 0.29) is 18.4 Å². The van der Waals surface area contributed by atoms with E-state index in [4.69, 9.17) is 4.74 Å². The summed E-state index contributed by atoms with van der Waals surface area (Å²) in [6.07, 6.45) is 2.50. The van der Waals surface area contributed by atoms with Crippen LogP contribution in [0.2, 0.25) is 0 Å². The summed E-state index contributed by atoms with van der Waals surface area (Å²) in [6.45, 7) is 6.47. The van der Waals surface area contributed by atoms with Crippen LogP contribution in [0, 0.1) is 5.92 Å². The van der Waals surface area contributed by atoms with Crippen molar-refractivity contribution >= 4 is 16.2 Å². The highest BCUT2D eigenvalue weighted by Crippen LogP contribution is 2.20. The summed E-state index contributed by atoms with van der Waals surface area (Å²) in [5.41, 5.74) is 0. The van der Waals surface area contributed by atoms with Gasteiger partial charge in [0.25, 0.3) is 10.2 Å². The largest absolute Gasteiger partial charge is 0.466 e. The molecule has 0 aromatic rings. The molecule has 0 radical (unpaired) electrons. The van der Waals surface area contributed by atoms with E-state index in [1.54, 1.807) is 6.92 Å². The van der Waals surface area contributed by atoms with E-state index in [0.717, 1.165) is 0 Å². The fraction of sp³-hybridized carbons (Fsp3) is 0.727. The first kappa shape index (κ1) is 15.1. The van der Waals surface area contributed by atoms with Crippen LogP contribution < -0.4 is 4.72 Å². The van der Waals surface area contributed by atoms with Crippen LogP contribution in [0.3, 0.4) is 0 Å². The normalized spacial score (nSPS) is 18.5. The van der Waals surface area contributed by atoms with Gasteiger partial charge in [-0.3, -0.25) is 4.79 Å². The summed E-state index contributed by atoms with van der Waals surface area (Å²) >= 11 is 0. The molecule has 1 aliphatic heterocycles. The lowest BCUT2D eigenvalue weighted by Gasteiger charge is -2.29. The van der Waals surface area contributed by atoms with Gasteiger partial charge in [-0.05, 0) is 19.8 Å². The van der Waals surface area contributed by atoms with Gasteiger partial charge in [-0.1, -0.05) is 6.08 Å². The van der Waals surface area contributed by atoms with E-state index >= 15 is 0 Å². The average molecular weight is 276 g/mol. The van der Waals surface area contributed by atoms with E-state index in [1.807, 2.05) is 0 Å². The first-order chi connectivity index (χ1) is 8.51. The third kappa shape index (κ3) is 4.08. The fourth-order valence-electron chi connectivity index (χ4n) is 1.85. The molecule has 6 nitrogen and oxygen atoms in total. The first-order valence-corrected chi connectivity index (χ1v) is 7.47. The second-order valence-corrected chi connectivity index (χ2v) is 5.82. The summed E-state index contributed by atoms with van der Waals surface area (Å²) < 4.78 is 32.3. The standard InChI is InChI=1S/C11H20N2O4S/c1-3-7-12-18(15,16)13-8-5-10(6-9-13)11(14)17-4-2/h3,10,12H,1,4-9H2,2H3. The molecule has 7 heteroatoms. The molecule has 0 unspecified atom stereocenters. The second-order valence-electron chi connectivity index (χ2n) is 4.07. The van der Waals surface area contributed by atoms with E-state index < -0.39 is 10.2 Å². The lowest BCUT2D eigenvalue weighted by atomic mass is 9.98. The van der Waals surface area contributed by atoms with Gasteiger partial charge >= 0.3 is 5.97 Å². The first-order valence-electron chi connectivity index (χ1n) is 6.03. The molecule has 1 aliphatic rings. The molecule has 18 heavy (non-hydrogen) atoms. The number of carbonyl (C=O) groups excluding carboxylic acids is 1. The zero-order valence-electron chi connectivity index (χ0n) is 10.6. The van der Waals surface area contributed by atoms with Gasteiger partial charge in [0.2, 0.25) is 0 Å². The van der Waals surface area contributed by atoms with Crippen molar-refractivity contribution in [3.63, 3.8) is 0 Å². The van der Waals surface area contributed by atoms with Crippen LogP contribution in [-0.2, 0) is 19.7 Å². The van der Waals surface area contributed by atoms with E-state index in [1.165, 1.54) is 10.4 Å². The molecule has 1 saturated heterocycles. The van der Waals surface area contributed by atoms with Gasteiger partial charge in [-0.15, -0.1) is 6.58 Å². The van der Waals surface area contributed by atoms with E-state index in [2.05, 4.69) is 11.3 Å². The van der Waals surface area contributed by atoms with Gasteiger partial charge in [0.15, 0.2) is 0 Å². The Morgan fingerprint density at radius 3 is 2.61 bits per heavy atom. The van der Waals surface area contributed by atoms with Crippen LogP contribution in [0.5, 0.6) is 0 Å². The maximum atomic E-state index is 11.8. The molecule has 0 aliphatic carbocycles. The predicted molar refractivity (Wildman–Crippen MR) is 68.0 cm³/mol. The van der Waals surface area contributed by atoms with Crippen LogP contribution in [-0.4, -0.2) is 44.9 Å². The Labute approximate surface area is 108 Å². The Bertz CT molecular complexity index is 386. The van der Waals surface area contributed by atoms with Gasteiger partial charge < -0.3 is 4.74 Å². The Hall–Kier alpha value is -0.920. The Kier molecular flexibility index (Phi) is 5.77. The quantitative estimate of drug-likeness (QED) is 0.558. The number of esters is 1. The monoisotopic (exact) mass is 276 g/mol. The molecule has 0 saturated carbocycles. The molecule has 1 heterocycles. The predicted octanol–water partition coefficient (Wildman–Crippen LogP) is 0.282. The van der Waals surface area contributed by atoms with Gasteiger partial charge in [0.05, 0.1) is 12.5 Å². The maximum absolute atomic E-state index is 11.8. The van der Waals surface area contributed by atoms with E-state index in [0.29, 0.717) is 32.5 Å². The Morgan fingerprint density at radius 1 is 1.50 bits per heavy atom. The van der Waals surface area contributed by atoms with Crippen molar-refractivity contribution in [2.24, 2.45) is 5.92 Å². The molecule has 0 spiro atoms. The SMILES string of the molecule is C=CCNS(=O)(=O)N1CCC(C(=O)OCC)CC1. The number of rotatable bonds is 6. The number of ether oxygens (including phenoxy) is 1. The fourth-order valence-corrected chi connectivity index (χ4v) is 3.05. The lowest BCUT2D eigenvalue weighted by Crippen LogP contribution is -2.46. The van der Waals surface area contributed by atoms with Gasteiger partial charge in [-0.25, -0.2) is 0 Å². The number of carbonyl (C=O) groups is 1. The average Bonchev–Trinajstić information content (AvgIpc) is 2.37. The van der Waals surface area contributed by atoms with Crippen LogP contribution in [0.1, 0.15) is 19.8 Å². The molecule has 1 N–H and O–H groups in total. The minimum Gasteiger partial charge on any atom is -0.466 e. The zero-order chi connectivity index (χ0) is 13.6. The highest BCUT2D eigenvalue weighted by atomic mass is 32.2.